The molecule has 2 aromatic carbocycles. The van der Waals surface area contributed by atoms with Gasteiger partial charge in [-0.3, -0.25) is 0 Å². The fourth-order valence-electron chi connectivity index (χ4n) is 7.39. The molecule has 3 heterocycles. The SMILES string of the molecule is CCCCCCCCC(CCCCCCCC)n1c2cc(-c3sc([Si](C)(C)C)cc3Br)c(Br)cc2c2cc(Br)c(-c3sc([Si](C)(C)C)cc3Br)cc21. The van der Waals surface area contributed by atoms with Crippen molar-refractivity contribution in [1.29, 1.82) is 0 Å². The molecule has 0 fully saturated rings. The number of unbranched alkanes of at least 4 members (excludes halogenated alkanes) is 10. The van der Waals surface area contributed by atoms with E-state index in [0.29, 0.717) is 6.04 Å². The molecule has 0 unspecified atom stereocenters. The third-order valence-corrected chi connectivity index (χ3v) is 23.1. The molecule has 0 amide bonds. The first kappa shape index (κ1) is 43.1. The summed E-state index contributed by atoms with van der Waals surface area (Å²) in [6, 6.07) is 15.2. The van der Waals surface area contributed by atoms with Crippen molar-refractivity contribution in [2.45, 2.75) is 149 Å². The van der Waals surface area contributed by atoms with Crippen LogP contribution in [0, 0.1) is 0 Å². The maximum atomic E-state index is 4.10. The second-order valence-electron chi connectivity index (χ2n) is 16.9. The lowest BCUT2D eigenvalue weighted by atomic mass is 9.99. The van der Waals surface area contributed by atoms with Gasteiger partial charge in [0.1, 0.15) is 0 Å². The van der Waals surface area contributed by atoms with E-state index in [1.165, 1.54) is 150 Å². The number of benzene rings is 2. The van der Waals surface area contributed by atoms with E-state index >= 15 is 0 Å². The zero-order chi connectivity index (χ0) is 37.8. The number of aromatic nitrogens is 1. The van der Waals surface area contributed by atoms with Crippen LogP contribution in [-0.2, 0) is 0 Å². The normalized spacial score (nSPS) is 12.7. The molecule has 0 N–H and O–H groups in total. The van der Waals surface area contributed by atoms with E-state index in [1.54, 1.807) is 9.00 Å². The molecule has 5 aromatic rings. The van der Waals surface area contributed by atoms with Crippen LogP contribution >= 0.6 is 86.4 Å². The Labute approximate surface area is 358 Å². The van der Waals surface area contributed by atoms with Crippen molar-refractivity contribution in [3.05, 3.63) is 54.3 Å². The summed E-state index contributed by atoms with van der Waals surface area (Å²) >= 11 is 20.2. The standard InChI is InChI=1S/C43H59Br4NS2Si2/c1-9-11-13-15-17-19-21-29(22-20-18-16-14-12-10-2)48-38-25-32(42-36(46)27-40(49-42)51(3,4)5)34(44)23-30(38)31-24-35(45)33(26-39(31)48)43-37(47)28-41(50-43)52(6,7)8/h23-29H,9-22H2,1-8H3. The molecule has 5 rings (SSSR count). The van der Waals surface area contributed by atoms with Gasteiger partial charge in [0.05, 0.1) is 27.2 Å². The Morgan fingerprint density at radius 3 is 1.21 bits per heavy atom. The molecular weight excluding hydrogens is 970 g/mol. The molecule has 0 saturated heterocycles. The van der Waals surface area contributed by atoms with Gasteiger partial charge in [-0.15, -0.1) is 22.7 Å². The largest absolute Gasteiger partial charge is 0.337 e. The van der Waals surface area contributed by atoms with Crippen LogP contribution in [0.4, 0.5) is 0 Å². The van der Waals surface area contributed by atoms with Crippen molar-refractivity contribution >= 4 is 133 Å². The van der Waals surface area contributed by atoms with Crippen LogP contribution in [-0.4, -0.2) is 20.7 Å². The minimum absolute atomic E-state index is 0.467. The van der Waals surface area contributed by atoms with Crippen LogP contribution < -0.4 is 9.00 Å². The highest BCUT2D eigenvalue weighted by Gasteiger charge is 2.27. The molecule has 0 aliphatic carbocycles. The molecule has 3 aromatic heterocycles. The molecule has 0 spiro atoms. The van der Waals surface area contributed by atoms with Crippen molar-refractivity contribution in [1.82, 2.24) is 4.57 Å². The van der Waals surface area contributed by atoms with Gasteiger partial charge in [0.2, 0.25) is 0 Å². The lowest BCUT2D eigenvalue weighted by Crippen LogP contribution is -2.34. The zero-order valence-corrected chi connectivity index (χ0v) is 42.7. The van der Waals surface area contributed by atoms with Crippen molar-refractivity contribution in [2.75, 3.05) is 0 Å². The van der Waals surface area contributed by atoms with Crippen LogP contribution in [0.2, 0.25) is 39.3 Å². The van der Waals surface area contributed by atoms with Gasteiger partial charge < -0.3 is 4.57 Å². The topological polar surface area (TPSA) is 4.93 Å². The molecule has 9 heteroatoms. The average molecular weight is 1030 g/mol. The summed E-state index contributed by atoms with van der Waals surface area (Å²) in [7, 11) is -2.91. The first-order valence-corrected chi connectivity index (χ1v) is 31.5. The first-order valence-electron chi connectivity index (χ1n) is 19.7. The fourth-order valence-corrected chi connectivity index (χ4v) is 16.7. The lowest BCUT2D eigenvalue weighted by molar-refractivity contribution is 0.410. The predicted molar refractivity (Wildman–Crippen MR) is 258 cm³/mol. The number of fused-ring (bicyclic) bond motifs is 3. The Kier molecular flexibility index (Phi) is 15.7. The van der Waals surface area contributed by atoms with Gasteiger partial charge >= 0.3 is 0 Å². The minimum atomic E-state index is -1.46. The number of halogens is 4. The Morgan fingerprint density at radius 2 is 0.865 bits per heavy atom. The second-order valence-corrected chi connectivity index (χ2v) is 33.2. The van der Waals surface area contributed by atoms with E-state index in [4.69, 9.17) is 0 Å². The summed E-state index contributed by atoms with van der Waals surface area (Å²) < 4.78 is 10.7. The highest BCUT2D eigenvalue weighted by Crippen LogP contribution is 2.47. The minimum Gasteiger partial charge on any atom is -0.337 e. The smallest absolute Gasteiger partial charge is 0.0904 e. The lowest BCUT2D eigenvalue weighted by Gasteiger charge is -2.23. The van der Waals surface area contributed by atoms with E-state index in [0.717, 1.165) is 0 Å². The average Bonchev–Trinajstić information content (AvgIpc) is 3.75. The highest BCUT2D eigenvalue weighted by atomic mass is 79.9. The van der Waals surface area contributed by atoms with E-state index in [2.05, 4.69) is 158 Å². The molecule has 1 nitrogen and oxygen atoms in total. The van der Waals surface area contributed by atoms with Crippen molar-refractivity contribution in [3.8, 4) is 20.9 Å². The van der Waals surface area contributed by atoms with E-state index in [9.17, 15) is 0 Å². The van der Waals surface area contributed by atoms with Crippen LogP contribution in [0.3, 0.4) is 0 Å². The number of rotatable bonds is 19. The summed E-state index contributed by atoms with van der Waals surface area (Å²) in [5, 5.41) is 2.69. The second kappa shape index (κ2) is 19.0. The van der Waals surface area contributed by atoms with E-state index < -0.39 is 16.1 Å². The van der Waals surface area contributed by atoms with Crippen molar-refractivity contribution < 1.29 is 0 Å². The third kappa shape index (κ3) is 10.3. The van der Waals surface area contributed by atoms with Gasteiger partial charge in [0, 0.05) is 55.6 Å². The van der Waals surface area contributed by atoms with E-state index in [1.807, 2.05) is 22.7 Å². The summed E-state index contributed by atoms with van der Waals surface area (Å²) in [6.07, 6.45) is 18.5. The van der Waals surface area contributed by atoms with Gasteiger partial charge in [-0.1, -0.05) is 162 Å². The Bertz CT molecular complexity index is 1820. The molecule has 0 atom stereocenters. The van der Waals surface area contributed by atoms with Crippen LogP contribution in [0.1, 0.15) is 110 Å². The third-order valence-electron chi connectivity index (χ3n) is 10.5. The summed E-state index contributed by atoms with van der Waals surface area (Å²) in [5.41, 5.74) is 5.36. The maximum absolute atomic E-state index is 4.10. The molecular formula is C43H59Br4NS2Si2. The molecule has 0 saturated carbocycles. The fraction of sp³-hybridized carbons (Fsp3) is 0.535. The molecule has 284 valence electrons. The number of thiophene rings is 2. The summed E-state index contributed by atoms with van der Waals surface area (Å²) in [5.74, 6) is 0. The Balaban J connectivity index is 1.71. The summed E-state index contributed by atoms with van der Waals surface area (Å²) in [6.45, 7) is 19.4. The molecule has 0 bridgehead atoms. The molecule has 52 heavy (non-hydrogen) atoms. The molecule has 0 radical (unpaired) electrons. The maximum Gasteiger partial charge on any atom is 0.0904 e. The zero-order valence-electron chi connectivity index (χ0n) is 32.7. The number of hydrogen-bond donors (Lipinski definition) is 0. The predicted octanol–water partition coefficient (Wildman–Crippen LogP) is 17.4. The van der Waals surface area contributed by atoms with Gasteiger partial charge in [-0.25, -0.2) is 0 Å². The monoisotopic (exact) mass is 1030 g/mol. The Morgan fingerprint density at radius 1 is 0.500 bits per heavy atom. The molecule has 0 aliphatic rings. The van der Waals surface area contributed by atoms with Gasteiger partial charge in [-0.2, -0.15) is 0 Å². The molecule has 0 aliphatic heterocycles. The van der Waals surface area contributed by atoms with Gasteiger partial charge in [0.25, 0.3) is 0 Å². The van der Waals surface area contributed by atoms with Crippen LogP contribution in [0.25, 0.3) is 42.7 Å². The highest BCUT2D eigenvalue weighted by molar-refractivity contribution is 9.11. The number of hydrogen-bond acceptors (Lipinski definition) is 2. The van der Waals surface area contributed by atoms with Crippen LogP contribution in [0.15, 0.2) is 54.3 Å². The Hall–Kier alpha value is -0.00623. The van der Waals surface area contributed by atoms with Gasteiger partial charge in [-0.05, 0) is 90.1 Å². The summed E-state index contributed by atoms with van der Waals surface area (Å²) in [4.78, 5) is 2.68. The number of nitrogens with zero attached hydrogens (tertiary/aromatic N) is 1. The quantitative estimate of drug-likeness (QED) is 0.0574. The van der Waals surface area contributed by atoms with Crippen molar-refractivity contribution in [3.63, 3.8) is 0 Å². The first-order chi connectivity index (χ1) is 24.6. The van der Waals surface area contributed by atoms with Crippen molar-refractivity contribution in [2.24, 2.45) is 0 Å². The van der Waals surface area contributed by atoms with E-state index in [-0.39, 0.29) is 0 Å². The van der Waals surface area contributed by atoms with Crippen LogP contribution in [0.5, 0.6) is 0 Å². The van der Waals surface area contributed by atoms with Gasteiger partial charge in [0.15, 0.2) is 0 Å².